The van der Waals surface area contributed by atoms with Crippen molar-refractivity contribution in [3.63, 3.8) is 0 Å². The van der Waals surface area contributed by atoms with E-state index in [2.05, 4.69) is 34.6 Å². The lowest BCUT2D eigenvalue weighted by Crippen LogP contribution is -2.30. The molecular formula is C73H142O17P2. The van der Waals surface area contributed by atoms with Crippen LogP contribution in [0.25, 0.3) is 0 Å². The van der Waals surface area contributed by atoms with Crippen molar-refractivity contribution in [2.75, 3.05) is 39.6 Å². The highest BCUT2D eigenvalue weighted by Crippen LogP contribution is 2.45. The van der Waals surface area contributed by atoms with Crippen LogP contribution in [0, 0.1) is 5.92 Å². The van der Waals surface area contributed by atoms with E-state index in [0.29, 0.717) is 25.7 Å². The Labute approximate surface area is 562 Å². The summed E-state index contributed by atoms with van der Waals surface area (Å²) in [6.45, 7) is 7.22. The summed E-state index contributed by atoms with van der Waals surface area (Å²) in [7, 11) is -9.89. The fourth-order valence-corrected chi connectivity index (χ4v) is 12.8. The molecule has 0 saturated heterocycles. The van der Waals surface area contributed by atoms with E-state index in [1.54, 1.807) is 0 Å². The average molecular weight is 1350 g/mol. The van der Waals surface area contributed by atoms with Crippen LogP contribution in [-0.4, -0.2) is 96.7 Å². The zero-order valence-electron chi connectivity index (χ0n) is 59.7. The van der Waals surface area contributed by atoms with E-state index in [-0.39, 0.29) is 25.7 Å². The molecule has 0 amide bonds. The Morgan fingerprint density at radius 1 is 0.293 bits per heavy atom. The minimum absolute atomic E-state index is 0.107. The van der Waals surface area contributed by atoms with Gasteiger partial charge in [0.05, 0.1) is 26.4 Å². The molecule has 17 nitrogen and oxygen atoms in total. The van der Waals surface area contributed by atoms with E-state index >= 15 is 0 Å². The van der Waals surface area contributed by atoms with Crippen molar-refractivity contribution in [3.8, 4) is 0 Å². The maximum Gasteiger partial charge on any atom is 0.472 e. The third-order valence-corrected chi connectivity index (χ3v) is 18.9. The summed E-state index contributed by atoms with van der Waals surface area (Å²) >= 11 is 0. The van der Waals surface area contributed by atoms with E-state index in [9.17, 15) is 43.2 Å². The number of aliphatic hydroxyl groups excluding tert-OH is 1. The number of unbranched alkanes of at least 4 members (excludes halogenated alkanes) is 45. The number of esters is 4. The Bertz CT molecular complexity index is 1770. The highest BCUT2D eigenvalue weighted by atomic mass is 31.2. The van der Waals surface area contributed by atoms with Crippen molar-refractivity contribution in [1.82, 2.24) is 0 Å². The monoisotopic (exact) mass is 1350 g/mol. The molecule has 0 bridgehead atoms. The second-order valence-corrected chi connectivity index (χ2v) is 29.7. The van der Waals surface area contributed by atoms with Gasteiger partial charge in [0.25, 0.3) is 0 Å². The predicted molar refractivity (Wildman–Crippen MR) is 372 cm³/mol. The highest BCUT2D eigenvalue weighted by Gasteiger charge is 2.30. The second kappa shape index (κ2) is 66.3. The van der Waals surface area contributed by atoms with E-state index in [0.717, 1.165) is 102 Å². The van der Waals surface area contributed by atoms with Crippen molar-refractivity contribution in [2.24, 2.45) is 5.92 Å². The second-order valence-electron chi connectivity index (χ2n) is 26.8. The van der Waals surface area contributed by atoms with Crippen LogP contribution in [0.5, 0.6) is 0 Å². The van der Waals surface area contributed by atoms with Gasteiger partial charge in [0.1, 0.15) is 19.3 Å². The van der Waals surface area contributed by atoms with Crippen molar-refractivity contribution in [3.05, 3.63) is 0 Å². The quantitative estimate of drug-likeness (QED) is 0.0222. The summed E-state index contributed by atoms with van der Waals surface area (Å²) in [5.74, 6) is -1.32. The number of carbonyl (C=O) groups excluding carboxylic acids is 4. The predicted octanol–water partition coefficient (Wildman–Crippen LogP) is 21.3. The third kappa shape index (κ3) is 66.7. The van der Waals surface area contributed by atoms with E-state index in [1.807, 2.05) is 0 Å². The molecule has 0 aliphatic rings. The maximum atomic E-state index is 13.0. The molecule has 92 heavy (non-hydrogen) atoms. The van der Waals surface area contributed by atoms with Crippen molar-refractivity contribution in [1.29, 1.82) is 0 Å². The standard InChI is InChI=1S/C73H142O17P2/c1-6-9-12-15-17-19-21-23-26-31-34-38-42-47-52-57-71(76)84-63-69(90-73(78)59-54-49-44-40-36-32-28-25-27-29-33-37-41-46-50-55-66(4)5)65-88-92(81,82)86-61-67(74)60-85-91(79,80)87-64-68(62-83-70(75)56-51-45-14-11-8-3)89-72(77)58-53-48-43-39-35-30-24-22-20-18-16-13-10-7-2/h66-69,74H,6-65H2,1-5H3,(H,79,80)(H,81,82)/t67-,68+,69+/m0/s1. The molecule has 0 rings (SSSR count). The number of aliphatic hydroxyl groups is 1. The number of ether oxygens (including phenoxy) is 4. The first-order chi connectivity index (χ1) is 44.5. The molecule has 2 unspecified atom stereocenters. The molecule has 19 heteroatoms. The number of phosphoric acid groups is 2. The van der Waals surface area contributed by atoms with Crippen LogP contribution in [0.3, 0.4) is 0 Å². The number of rotatable bonds is 73. The van der Waals surface area contributed by atoms with Crippen LogP contribution < -0.4 is 0 Å². The van der Waals surface area contributed by atoms with Crippen molar-refractivity contribution < 1.29 is 80.2 Å². The van der Waals surface area contributed by atoms with Crippen LogP contribution >= 0.6 is 15.6 Å². The zero-order valence-corrected chi connectivity index (χ0v) is 61.5. The van der Waals surface area contributed by atoms with Gasteiger partial charge in [-0.2, -0.15) is 0 Å². The van der Waals surface area contributed by atoms with E-state index in [1.165, 1.54) is 199 Å². The zero-order chi connectivity index (χ0) is 67.7. The Morgan fingerprint density at radius 3 is 0.739 bits per heavy atom. The first-order valence-corrected chi connectivity index (χ1v) is 41.1. The number of hydrogen-bond donors (Lipinski definition) is 3. The SMILES string of the molecule is CCCCCCCCCCCCCCCCCC(=O)OC[C@H](COP(=O)(O)OC[C@@H](O)COP(=O)(O)OC[C@@H](COC(=O)CCCCCCC)OC(=O)CCCCCCCCCCCCCCCC)OC(=O)CCCCCCCCCCCCCCCCCC(C)C. The third-order valence-electron chi connectivity index (χ3n) is 17.0. The minimum atomic E-state index is -4.95. The molecule has 0 aliphatic heterocycles. The summed E-state index contributed by atoms with van der Waals surface area (Å²) in [6.07, 6.45) is 54.4. The Kier molecular flexibility index (Phi) is 64.9. The largest absolute Gasteiger partial charge is 0.472 e. The van der Waals surface area contributed by atoms with Gasteiger partial charge in [0, 0.05) is 25.7 Å². The Hall–Kier alpha value is -1.94. The molecule has 5 atom stereocenters. The van der Waals surface area contributed by atoms with Crippen LogP contribution in [0.4, 0.5) is 0 Å². The summed E-state index contributed by atoms with van der Waals surface area (Å²) in [4.78, 5) is 72.4. The van der Waals surface area contributed by atoms with Gasteiger partial charge in [-0.3, -0.25) is 37.3 Å². The molecular weight excluding hydrogens is 1210 g/mol. The molecule has 0 aliphatic carbocycles. The molecule has 0 aromatic heterocycles. The lowest BCUT2D eigenvalue weighted by molar-refractivity contribution is -0.161. The first-order valence-electron chi connectivity index (χ1n) is 38.1. The van der Waals surface area contributed by atoms with Crippen LogP contribution in [0.2, 0.25) is 0 Å². The van der Waals surface area contributed by atoms with Gasteiger partial charge in [-0.05, 0) is 31.6 Å². The van der Waals surface area contributed by atoms with Crippen molar-refractivity contribution in [2.45, 2.75) is 400 Å². The van der Waals surface area contributed by atoms with Crippen molar-refractivity contribution >= 4 is 39.5 Å². The molecule has 3 N–H and O–H groups in total. The molecule has 0 aromatic rings. The Balaban J connectivity index is 5.15. The number of carbonyl (C=O) groups is 4. The van der Waals surface area contributed by atoms with Gasteiger partial charge in [-0.25, -0.2) is 9.13 Å². The number of phosphoric ester groups is 2. The number of hydrogen-bond acceptors (Lipinski definition) is 15. The molecule has 0 heterocycles. The van der Waals surface area contributed by atoms with Gasteiger partial charge < -0.3 is 33.8 Å². The molecule has 0 radical (unpaired) electrons. The highest BCUT2D eigenvalue weighted by molar-refractivity contribution is 7.47. The van der Waals surface area contributed by atoms with E-state index in [4.69, 9.17) is 37.0 Å². The molecule has 0 aromatic carbocycles. The summed E-state index contributed by atoms with van der Waals surface area (Å²) in [5, 5.41) is 10.6. The first kappa shape index (κ1) is 90.1. The minimum Gasteiger partial charge on any atom is -0.462 e. The fourth-order valence-electron chi connectivity index (χ4n) is 11.2. The lowest BCUT2D eigenvalue weighted by atomic mass is 10.0. The summed E-state index contributed by atoms with van der Waals surface area (Å²) in [6, 6.07) is 0. The summed E-state index contributed by atoms with van der Waals surface area (Å²) in [5.41, 5.74) is 0. The lowest BCUT2D eigenvalue weighted by Gasteiger charge is -2.21. The van der Waals surface area contributed by atoms with Crippen LogP contribution in [0.15, 0.2) is 0 Å². The normalized spacial score (nSPS) is 14.0. The Morgan fingerprint density at radius 2 is 0.500 bits per heavy atom. The van der Waals surface area contributed by atoms with Gasteiger partial charge >= 0.3 is 39.5 Å². The maximum absolute atomic E-state index is 13.0. The molecule has 0 fully saturated rings. The van der Waals surface area contributed by atoms with Gasteiger partial charge in [-0.15, -0.1) is 0 Å². The van der Waals surface area contributed by atoms with E-state index < -0.39 is 97.5 Å². The summed E-state index contributed by atoms with van der Waals surface area (Å²) < 4.78 is 68.2. The topological polar surface area (TPSA) is 237 Å². The van der Waals surface area contributed by atoms with Gasteiger partial charge in [-0.1, -0.05) is 330 Å². The average Bonchev–Trinajstić information content (AvgIpc) is 3.66. The molecule has 0 saturated carbocycles. The molecule has 546 valence electrons. The van der Waals surface area contributed by atoms with Crippen LogP contribution in [0.1, 0.15) is 381 Å². The van der Waals surface area contributed by atoms with Crippen LogP contribution in [-0.2, 0) is 65.4 Å². The fraction of sp³-hybridized carbons (Fsp3) is 0.945. The molecule has 0 spiro atoms. The van der Waals surface area contributed by atoms with Gasteiger partial charge in [0.2, 0.25) is 0 Å². The smallest absolute Gasteiger partial charge is 0.462 e. The van der Waals surface area contributed by atoms with Gasteiger partial charge in [0.15, 0.2) is 12.2 Å².